The number of likely N-dealkylation sites (tertiary alicyclic amines) is 1. The van der Waals surface area contributed by atoms with Crippen molar-refractivity contribution in [1.29, 1.82) is 0 Å². The monoisotopic (exact) mass is 216 g/mol. The summed E-state index contributed by atoms with van der Waals surface area (Å²) in [5, 5.41) is 9.45. The van der Waals surface area contributed by atoms with Crippen LogP contribution in [0.1, 0.15) is 6.42 Å². The van der Waals surface area contributed by atoms with E-state index in [1.165, 1.54) is 0 Å². The van der Waals surface area contributed by atoms with Crippen LogP contribution in [0.2, 0.25) is 0 Å². The summed E-state index contributed by atoms with van der Waals surface area (Å²) in [4.78, 5) is 15.2. The summed E-state index contributed by atoms with van der Waals surface area (Å²) in [5.74, 6) is 0.147. The maximum Gasteiger partial charge on any atom is 0.236 e. The molecule has 5 heteroatoms. The van der Waals surface area contributed by atoms with E-state index in [1.54, 1.807) is 7.11 Å². The number of carbonyl (C=O) groups is 1. The first-order valence-corrected chi connectivity index (χ1v) is 5.27. The van der Waals surface area contributed by atoms with E-state index in [0.717, 1.165) is 19.5 Å². The summed E-state index contributed by atoms with van der Waals surface area (Å²) in [6.45, 7) is 2.91. The van der Waals surface area contributed by atoms with Crippen LogP contribution in [-0.2, 0) is 9.53 Å². The van der Waals surface area contributed by atoms with Crippen molar-refractivity contribution in [2.45, 2.75) is 12.5 Å². The highest BCUT2D eigenvalue weighted by Gasteiger charge is 2.21. The molecule has 0 aromatic carbocycles. The molecule has 0 aliphatic carbocycles. The van der Waals surface area contributed by atoms with Crippen LogP contribution in [0.15, 0.2) is 0 Å². The van der Waals surface area contributed by atoms with Gasteiger partial charge in [-0.2, -0.15) is 0 Å². The number of nitrogens with zero attached hydrogens (tertiary/aromatic N) is 2. The molecule has 1 atom stereocenters. The fourth-order valence-corrected chi connectivity index (χ4v) is 1.57. The standard InChI is InChI=1S/C10H20N2O3/c1-11(6-9(13)8-15-2)7-10(14)12-4-3-5-12/h9,13H,3-8H2,1-2H3. The molecule has 0 aromatic rings. The second-order valence-electron chi connectivity index (χ2n) is 4.04. The largest absolute Gasteiger partial charge is 0.389 e. The number of rotatable bonds is 6. The molecule has 0 radical (unpaired) electrons. The molecule has 5 nitrogen and oxygen atoms in total. The highest BCUT2D eigenvalue weighted by molar-refractivity contribution is 5.78. The zero-order valence-corrected chi connectivity index (χ0v) is 9.48. The number of amides is 1. The van der Waals surface area contributed by atoms with Crippen molar-refractivity contribution in [3.8, 4) is 0 Å². The van der Waals surface area contributed by atoms with Crippen LogP contribution in [0, 0.1) is 0 Å². The minimum Gasteiger partial charge on any atom is -0.389 e. The van der Waals surface area contributed by atoms with Crippen molar-refractivity contribution in [2.24, 2.45) is 0 Å². The summed E-state index contributed by atoms with van der Waals surface area (Å²) in [5.41, 5.74) is 0. The number of hydrogen-bond acceptors (Lipinski definition) is 4. The van der Waals surface area contributed by atoms with Crippen LogP contribution in [-0.4, -0.2) is 73.9 Å². The Kier molecular flexibility index (Phi) is 5.01. The number of carbonyl (C=O) groups excluding carboxylic acids is 1. The van der Waals surface area contributed by atoms with E-state index in [4.69, 9.17) is 4.74 Å². The third-order valence-corrected chi connectivity index (χ3v) is 2.50. The molecule has 0 bridgehead atoms. The molecule has 1 N–H and O–H groups in total. The molecule has 1 saturated heterocycles. The van der Waals surface area contributed by atoms with Crippen molar-refractivity contribution in [3.63, 3.8) is 0 Å². The Bertz CT molecular complexity index is 207. The van der Waals surface area contributed by atoms with Gasteiger partial charge in [-0.3, -0.25) is 9.69 Å². The Morgan fingerprint density at radius 2 is 2.27 bits per heavy atom. The van der Waals surface area contributed by atoms with E-state index in [1.807, 2.05) is 16.8 Å². The number of aliphatic hydroxyl groups excluding tert-OH is 1. The Morgan fingerprint density at radius 3 is 2.73 bits per heavy atom. The number of aliphatic hydroxyl groups is 1. The third kappa shape index (κ3) is 4.15. The van der Waals surface area contributed by atoms with Gasteiger partial charge in [-0.05, 0) is 13.5 Å². The van der Waals surface area contributed by atoms with Gasteiger partial charge in [0.1, 0.15) is 0 Å². The van der Waals surface area contributed by atoms with Crippen molar-refractivity contribution in [2.75, 3.05) is 46.9 Å². The molecule has 1 fully saturated rings. The molecule has 0 saturated carbocycles. The molecule has 15 heavy (non-hydrogen) atoms. The molecule has 1 aliphatic heterocycles. The summed E-state index contributed by atoms with van der Waals surface area (Å²) in [6, 6.07) is 0. The van der Waals surface area contributed by atoms with Crippen LogP contribution in [0.3, 0.4) is 0 Å². The summed E-state index contributed by atoms with van der Waals surface area (Å²) < 4.78 is 4.82. The van der Waals surface area contributed by atoms with E-state index < -0.39 is 6.10 Å². The Labute approximate surface area is 90.6 Å². The molecule has 0 spiro atoms. The highest BCUT2D eigenvalue weighted by Crippen LogP contribution is 2.06. The summed E-state index contributed by atoms with van der Waals surface area (Å²) in [6.07, 6.45) is 0.589. The maximum atomic E-state index is 11.5. The Morgan fingerprint density at radius 1 is 1.60 bits per heavy atom. The van der Waals surface area contributed by atoms with E-state index in [9.17, 15) is 9.90 Å². The molecule has 0 aromatic heterocycles. The number of methoxy groups -OCH3 is 1. The lowest BCUT2D eigenvalue weighted by Crippen LogP contribution is -2.47. The minimum atomic E-state index is -0.524. The van der Waals surface area contributed by atoms with Crippen LogP contribution >= 0.6 is 0 Å². The maximum absolute atomic E-state index is 11.5. The average Bonchev–Trinajstić information content (AvgIpc) is 1.99. The number of ether oxygens (including phenoxy) is 1. The van der Waals surface area contributed by atoms with Gasteiger partial charge in [-0.15, -0.1) is 0 Å². The fourth-order valence-electron chi connectivity index (χ4n) is 1.57. The second-order valence-corrected chi connectivity index (χ2v) is 4.04. The Balaban J connectivity index is 2.16. The summed E-state index contributed by atoms with van der Waals surface area (Å²) in [7, 11) is 3.38. The van der Waals surface area contributed by atoms with Gasteiger partial charge >= 0.3 is 0 Å². The molecular weight excluding hydrogens is 196 g/mol. The van der Waals surface area contributed by atoms with E-state index in [2.05, 4.69) is 0 Å². The van der Waals surface area contributed by atoms with Crippen molar-refractivity contribution < 1.29 is 14.6 Å². The molecule has 88 valence electrons. The van der Waals surface area contributed by atoms with Gasteiger partial charge in [0.05, 0.1) is 19.3 Å². The van der Waals surface area contributed by atoms with Crippen LogP contribution in [0.4, 0.5) is 0 Å². The van der Waals surface area contributed by atoms with Crippen molar-refractivity contribution in [3.05, 3.63) is 0 Å². The zero-order valence-electron chi connectivity index (χ0n) is 9.48. The summed E-state index contributed by atoms with van der Waals surface area (Å²) >= 11 is 0. The molecule has 1 amide bonds. The molecular formula is C10H20N2O3. The van der Waals surface area contributed by atoms with Crippen LogP contribution < -0.4 is 0 Å². The zero-order chi connectivity index (χ0) is 11.3. The predicted octanol–water partition coefficient (Wildman–Crippen LogP) is -0.842. The average molecular weight is 216 g/mol. The normalized spacial score (nSPS) is 17.7. The smallest absolute Gasteiger partial charge is 0.236 e. The first kappa shape index (κ1) is 12.4. The quantitative estimate of drug-likeness (QED) is 0.629. The Hall–Kier alpha value is -0.650. The van der Waals surface area contributed by atoms with Gasteiger partial charge in [0, 0.05) is 26.7 Å². The molecule has 1 rings (SSSR count). The molecule has 1 aliphatic rings. The lowest BCUT2D eigenvalue weighted by atomic mass is 10.2. The van der Waals surface area contributed by atoms with Gasteiger partial charge in [0.2, 0.25) is 5.91 Å². The predicted molar refractivity (Wildman–Crippen MR) is 56.6 cm³/mol. The topological polar surface area (TPSA) is 53.0 Å². The van der Waals surface area contributed by atoms with Gasteiger partial charge in [0.15, 0.2) is 0 Å². The first-order valence-electron chi connectivity index (χ1n) is 5.27. The minimum absolute atomic E-state index is 0.147. The third-order valence-electron chi connectivity index (χ3n) is 2.50. The van der Waals surface area contributed by atoms with Gasteiger partial charge < -0.3 is 14.7 Å². The van der Waals surface area contributed by atoms with Crippen molar-refractivity contribution >= 4 is 5.91 Å². The van der Waals surface area contributed by atoms with Gasteiger partial charge in [0.25, 0.3) is 0 Å². The van der Waals surface area contributed by atoms with Crippen LogP contribution in [0.5, 0.6) is 0 Å². The van der Waals surface area contributed by atoms with Crippen LogP contribution in [0.25, 0.3) is 0 Å². The van der Waals surface area contributed by atoms with Gasteiger partial charge in [-0.1, -0.05) is 0 Å². The van der Waals surface area contributed by atoms with Gasteiger partial charge in [-0.25, -0.2) is 0 Å². The molecule has 1 heterocycles. The van der Waals surface area contributed by atoms with Crippen molar-refractivity contribution in [1.82, 2.24) is 9.80 Å². The first-order chi connectivity index (χ1) is 7.13. The van der Waals surface area contributed by atoms with E-state index >= 15 is 0 Å². The number of likely N-dealkylation sites (N-methyl/N-ethyl adjacent to an activating group) is 1. The SMILES string of the molecule is COCC(O)CN(C)CC(=O)N1CCC1. The second kappa shape index (κ2) is 6.05. The highest BCUT2D eigenvalue weighted by atomic mass is 16.5. The lowest BCUT2D eigenvalue weighted by Gasteiger charge is -2.32. The molecule has 1 unspecified atom stereocenters. The van der Waals surface area contributed by atoms with E-state index in [0.29, 0.717) is 19.7 Å². The van der Waals surface area contributed by atoms with E-state index in [-0.39, 0.29) is 5.91 Å². The fraction of sp³-hybridized carbons (Fsp3) is 0.900. The number of hydrogen-bond donors (Lipinski definition) is 1. The lowest BCUT2D eigenvalue weighted by molar-refractivity contribution is -0.135.